The molecule has 15 heteroatoms. The van der Waals surface area contributed by atoms with Gasteiger partial charge in [0.15, 0.2) is 18.0 Å². The van der Waals surface area contributed by atoms with Gasteiger partial charge in [-0.15, -0.1) is 0 Å². The van der Waals surface area contributed by atoms with E-state index in [1.165, 1.54) is 13.8 Å². The zero-order valence-electron chi connectivity index (χ0n) is 31.1. The van der Waals surface area contributed by atoms with Gasteiger partial charge in [-0.1, -0.05) is 56.3 Å². The van der Waals surface area contributed by atoms with E-state index in [1.54, 1.807) is 75.0 Å². The molecule has 1 unspecified atom stereocenters. The normalized spacial score (nSPS) is 35.8. The summed E-state index contributed by atoms with van der Waals surface area (Å²) >= 11 is 0. The highest BCUT2D eigenvalue weighted by atomic mass is 28.3. The van der Waals surface area contributed by atoms with Crippen LogP contribution in [-0.4, -0.2) is 117 Å². The Morgan fingerprint density at radius 2 is 1.63 bits per heavy atom. The van der Waals surface area contributed by atoms with Crippen molar-refractivity contribution in [1.29, 1.82) is 0 Å². The lowest BCUT2D eigenvalue weighted by atomic mass is 9.45. The monoisotopic (exact) mass is 767 g/mol. The highest BCUT2D eigenvalue weighted by Gasteiger charge is 2.75. The van der Waals surface area contributed by atoms with Crippen LogP contribution < -0.4 is 10.5 Å². The number of aliphatic hydroxyl groups excluding tert-OH is 3. The molecule has 14 nitrogen and oxygen atoms in total. The third kappa shape index (κ3) is 6.14. The predicted molar refractivity (Wildman–Crippen MR) is 193 cm³/mol. The second-order valence-electron chi connectivity index (χ2n) is 16.0. The zero-order valence-corrected chi connectivity index (χ0v) is 32.2. The summed E-state index contributed by atoms with van der Waals surface area (Å²) < 4.78 is 17.1. The number of benzene rings is 2. The van der Waals surface area contributed by atoms with Gasteiger partial charge in [-0.05, 0) is 54.4 Å². The molecule has 2 bridgehead atoms. The topological polar surface area (TPSA) is 229 Å². The summed E-state index contributed by atoms with van der Waals surface area (Å²) in [6, 6.07) is 13.2. The number of aliphatic hydroxyl groups is 5. The van der Waals surface area contributed by atoms with E-state index in [2.05, 4.69) is 5.32 Å². The van der Waals surface area contributed by atoms with Crippen molar-refractivity contribution in [2.24, 2.45) is 16.7 Å². The maximum absolute atomic E-state index is 14.8. The van der Waals surface area contributed by atoms with Crippen molar-refractivity contribution in [1.82, 2.24) is 5.32 Å². The number of hydrogen-bond donors (Lipinski definition) is 7. The van der Waals surface area contributed by atoms with Gasteiger partial charge in [0.1, 0.15) is 17.3 Å². The number of rotatable bonds is 8. The minimum atomic E-state index is -2.29. The lowest BCUT2D eigenvalue weighted by Crippen LogP contribution is -2.80. The van der Waals surface area contributed by atoms with Gasteiger partial charge in [-0.2, -0.15) is 0 Å². The van der Waals surface area contributed by atoms with Crippen LogP contribution in [0.3, 0.4) is 0 Å². The summed E-state index contributed by atoms with van der Waals surface area (Å²) in [5, 5.41) is 63.5. The summed E-state index contributed by atoms with van der Waals surface area (Å²) in [4.78, 5) is 64.9. The minimum Gasteiger partial charge on any atom is -0.456 e. The molecule has 54 heavy (non-hydrogen) atoms. The van der Waals surface area contributed by atoms with Crippen LogP contribution in [0.5, 0.6) is 0 Å². The van der Waals surface area contributed by atoms with E-state index in [-0.39, 0.29) is 29.7 Å². The quantitative estimate of drug-likeness (QED) is 0.106. The molecular formula is C39H49NO13Si. The first-order chi connectivity index (χ1) is 25.2. The van der Waals surface area contributed by atoms with Gasteiger partial charge in [0, 0.05) is 36.7 Å². The summed E-state index contributed by atoms with van der Waals surface area (Å²) in [7, 11) is -2.20. The number of ketones is 1. The van der Waals surface area contributed by atoms with E-state index in [4.69, 9.17) is 14.2 Å². The molecule has 1 heterocycles. The Kier molecular flexibility index (Phi) is 10.4. The van der Waals surface area contributed by atoms with Crippen LogP contribution >= 0.6 is 0 Å². The van der Waals surface area contributed by atoms with Crippen LogP contribution in [0.4, 0.5) is 0 Å². The molecule has 6 rings (SSSR count). The number of Topliss-reactive ketones (excluding diaryl/α,β-unsaturated/α-hetero) is 1. The van der Waals surface area contributed by atoms with Gasteiger partial charge in [-0.25, -0.2) is 4.79 Å². The standard InChI is InChI=1S/C39H49NO13Si/c1-19-24(53-35(47)29(43)28(21-12-14-23(15-13-21)54(6)50)40-34(46)22-10-8-7-9-11-22)17-39(49)33(45)31-37(5,25(42)16-26-38(31,48)18-51-26)32(44)30(52-20(2)41)27(19)36(39,3)4/h7-15,24-26,28-31,33,42-43,45,48-50,54H,16-18H2,1-6H3,(H,40,46)/t24-,25-,26+,28-,29+,30+,31-,33-,37+,38-,39+,54?/m0/s1. The van der Waals surface area contributed by atoms with Crippen LogP contribution in [-0.2, 0) is 28.6 Å². The molecule has 2 aromatic rings. The van der Waals surface area contributed by atoms with Crippen molar-refractivity contribution in [2.75, 3.05) is 6.61 Å². The van der Waals surface area contributed by atoms with Gasteiger partial charge in [0.25, 0.3) is 5.91 Å². The second-order valence-corrected chi connectivity index (χ2v) is 18.0. The van der Waals surface area contributed by atoms with Gasteiger partial charge in [-0.3, -0.25) is 14.4 Å². The zero-order chi connectivity index (χ0) is 39.7. The van der Waals surface area contributed by atoms with Gasteiger partial charge in [0.2, 0.25) is 9.04 Å². The molecule has 1 amide bonds. The molecule has 3 fully saturated rings. The number of carbonyl (C=O) groups excluding carboxylic acids is 4. The number of hydrogen-bond acceptors (Lipinski definition) is 13. The van der Waals surface area contributed by atoms with Crippen molar-refractivity contribution >= 4 is 37.9 Å². The molecular weight excluding hydrogens is 719 g/mol. The van der Waals surface area contributed by atoms with E-state index in [0.717, 1.165) is 6.92 Å². The largest absolute Gasteiger partial charge is 0.456 e. The number of amides is 1. The Balaban J connectivity index is 1.42. The third-order valence-corrected chi connectivity index (χ3v) is 13.9. The average Bonchev–Trinajstić information content (AvgIpc) is 3.12. The van der Waals surface area contributed by atoms with Gasteiger partial charge in [0.05, 0.1) is 36.4 Å². The third-order valence-electron chi connectivity index (χ3n) is 12.6. The molecule has 4 aliphatic rings. The number of esters is 2. The lowest BCUT2D eigenvalue weighted by molar-refractivity contribution is -0.344. The lowest BCUT2D eigenvalue weighted by Gasteiger charge is -2.66. The Bertz CT molecular complexity index is 1850. The fourth-order valence-electron chi connectivity index (χ4n) is 9.23. The molecule has 292 valence electrons. The Morgan fingerprint density at radius 3 is 2.19 bits per heavy atom. The summed E-state index contributed by atoms with van der Waals surface area (Å²) in [5.74, 6) is -5.03. The molecule has 2 aromatic carbocycles. The van der Waals surface area contributed by atoms with Gasteiger partial charge < -0.3 is 49.9 Å². The first-order valence-corrected chi connectivity index (χ1v) is 20.3. The average molecular weight is 768 g/mol. The van der Waals surface area contributed by atoms with Crippen molar-refractivity contribution in [3.63, 3.8) is 0 Å². The first kappa shape index (κ1) is 39.9. The number of fused-ring (bicyclic) bond motifs is 5. The maximum Gasteiger partial charge on any atom is 0.338 e. The van der Waals surface area contributed by atoms with Crippen LogP contribution in [0.1, 0.15) is 69.4 Å². The van der Waals surface area contributed by atoms with Crippen molar-refractivity contribution in [3.8, 4) is 0 Å². The van der Waals surface area contributed by atoms with Crippen LogP contribution in [0, 0.1) is 16.7 Å². The second kappa shape index (κ2) is 14.0. The van der Waals surface area contributed by atoms with Crippen LogP contribution in [0.2, 0.25) is 6.55 Å². The van der Waals surface area contributed by atoms with E-state index in [1.807, 2.05) is 0 Å². The number of carbonyl (C=O) groups is 4. The number of ether oxygens (including phenoxy) is 3. The van der Waals surface area contributed by atoms with Crippen molar-refractivity contribution in [3.05, 3.63) is 76.9 Å². The van der Waals surface area contributed by atoms with Crippen LogP contribution in [0.15, 0.2) is 65.7 Å². The molecule has 3 aliphatic carbocycles. The molecule has 12 atom stereocenters. The SMILES string of the molecule is CC(=O)O[C@H]1C(=O)[C@@]2(C)[C@H]([C@H](O)[C@]3(O)C[C@H](OC(=O)[C@H](O)[C@@H](NC(=O)c4ccccc4)c4ccc([SiH](C)O)cc4)C(C)=C1C3(C)C)[C@]1(O)CO[C@@H]1C[C@@H]2O. The maximum atomic E-state index is 14.8. The Morgan fingerprint density at radius 1 is 1.00 bits per heavy atom. The van der Waals surface area contributed by atoms with E-state index in [9.17, 15) is 49.5 Å². The van der Waals surface area contributed by atoms with Crippen LogP contribution in [0.25, 0.3) is 0 Å². The highest BCUT2D eigenvalue weighted by Crippen LogP contribution is 2.62. The van der Waals surface area contributed by atoms with E-state index < -0.39 is 110 Å². The van der Waals surface area contributed by atoms with Gasteiger partial charge >= 0.3 is 11.9 Å². The minimum absolute atomic E-state index is 0.0282. The van der Waals surface area contributed by atoms with E-state index in [0.29, 0.717) is 10.8 Å². The summed E-state index contributed by atoms with van der Waals surface area (Å²) in [6.45, 7) is 8.48. The first-order valence-electron chi connectivity index (χ1n) is 18.1. The molecule has 7 N–H and O–H groups in total. The molecule has 0 radical (unpaired) electrons. The fourth-order valence-corrected chi connectivity index (χ4v) is 9.98. The molecule has 1 aliphatic heterocycles. The highest BCUT2D eigenvalue weighted by molar-refractivity contribution is 6.64. The Labute approximate surface area is 314 Å². The van der Waals surface area contributed by atoms with E-state index >= 15 is 0 Å². The van der Waals surface area contributed by atoms with Crippen molar-refractivity contribution < 1.29 is 63.7 Å². The Hall–Kier alpha value is -3.80. The fraction of sp³-hybridized carbons (Fsp3) is 0.538. The smallest absolute Gasteiger partial charge is 0.338 e. The molecule has 2 saturated carbocycles. The summed E-state index contributed by atoms with van der Waals surface area (Å²) in [5.41, 5.74) is -6.84. The molecule has 0 spiro atoms. The summed E-state index contributed by atoms with van der Waals surface area (Å²) in [6.07, 6.45) is -10.2. The molecule has 1 saturated heterocycles. The predicted octanol–water partition coefficient (Wildman–Crippen LogP) is -0.147. The van der Waals surface area contributed by atoms with Crippen molar-refractivity contribution in [2.45, 2.75) is 108 Å². The number of nitrogens with one attached hydrogen (secondary N) is 1. The molecule has 0 aromatic heterocycles.